The zero-order valence-corrected chi connectivity index (χ0v) is 15.8. The molecule has 0 bridgehead atoms. The van der Waals surface area contributed by atoms with E-state index in [-0.39, 0.29) is 4.90 Å². The van der Waals surface area contributed by atoms with E-state index in [1.54, 1.807) is 49.1 Å². The fraction of sp³-hybridized carbons (Fsp3) is 0.150. The molecule has 136 valence electrons. The van der Waals surface area contributed by atoms with Gasteiger partial charge in [0.15, 0.2) is 5.65 Å². The van der Waals surface area contributed by atoms with E-state index in [0.717, 1.165) is 16.7 Å². The van der Waals surface area contributed by atoms with Crippen molar-refractivity contribution in [3.63, 3.8) is 0 Å². The van der Waals surface area contributed by atoms with Crippen molar-refractivity contribution in [2.45, 2.75) is 25.2 Å². The Morgan fingerprint density at radius 2 is 1.74 bits per heavy atom. The lowest BCUT2D eigenvalue weighted by molar-refractivity contribution is 0.588. The van der Waals surface area contributed by atoms with E-state index in [0.29, 0.717) is 23.3 Å². The second-order valence-corrected chi connectivity index (χ2v) is 8.10. The molecule has 4 aromatic rings. The lowest BCUT2D eigenvalue weighted by Crippen LogP contribution is -2.12. The highest BCUT2D eigenvalue weighted by Crippen LogP contribution is 2.26. The van der Waals surface area contributed by atoms with Crippen LogP contribution in [0.15, 0.2) is 66.1 Å². The molecule has 7 heteroatoms. The predicted molar refractivity (Wildman–Crippen MR) is 104 cm³/mol. The summed E-state index contributed by atoms with van der Waals surface area (Å²) in [7, 11) is -3.74. The van der Waals surface area contributed by atoms with Crippen LogP contribution in [0.25, 0.3) is 22.4 Å². The van der Waals surface area contributed by atoms with E-state index in [9.17, 15) is 8.42 Å². The van der Waals surface area contributed by atoms with Gasteiger partial charge in [-0.15, -0.1) is 0 Å². The predicted octanol–water partition coefficient (Wildman–Crippen LogP) is 3.60. The Morgan fingerprint density at radius 3 is 2.41 bits per heavy atom. The van der Waals surface area contributed by atoms with Gasteiger partial charge in [0, 0.05) is 24.2 Å². The van der Waals surface area contributed by atoms with Crippen LogP contribution < -0.4 is 0 Å². The molecule has 0 radical (unpaired) electrons. The van der Waals surface area contributed by atoms with Crippen LogP contribution >= 0.6 is 0 Å². The summed E-state index contributed by atoms with van der Waals surface area (Å²) < 4.78 is 27.5. The molecular weight excluding hydrogens is 360 g/mol. The van der Waals surface area contributed by atoms with Crippen molar-refractivity contribution < 1.29 is 8.42 Å². The summed E-state index contributed by atoms with van der Waals surface area (Å²) >= 11 is 0. The third-order valence-corrected chi connectivity index (χ3v) is 6.14. The molecule has 0 aliphatic heterocycles. The van der Waals surface area contributed by atoms with Gasteiger partial charge in [-0.3, -0.25) is 4.98 Å². The molecule has 3 aromatic heterocycles. The molecule has 27 heavy (non-hydrogen) atoms. The van der Waals surface area contributed by atoms with Crippen LogP contribution in [0.3, 0.4) is 0 Å². The van der Waals surface area contributed by atoms with E-state index < -0.39 is 10.0 Å². The molecule has 0 N–H and O–H groups in total. The molecule has 0 aliphatic rings. The standard InChI is InChI=1S/C20H18N4O2S/c1-3-15-13-24(27(25,26)17-6-4-14(2)5-7-17)20-19(15)23-18(12-22-20)16-8-10-21-11-9-16/h4-13H,3H2,1-2H3. The zero-order chi connectivity index (χ0) is 19.0. The van der Waals surface area contributed by atoms with Crippen molar-refractivity contribution >= 4 is 21.2 Å². The van der Waals surface area contributed by atoms with E-state index in [1.165, 1.54) is 3.97 Å². The summed E-state index contributed by atoms with van der Waals surface area (Å²) in [4.78, 5) is 13.4. The third kappa shape index (κ3) is 3.00. The first-order valence-corrected chi connectivity index (χ1v) is 10.0. The Morgan fingerprint density at radius 1 is 1.04 bits per heavy atom. The Labute approximate surface area is 157 Å². The van der Waals surface area contributed by atoms with Crippen molar-refractivity contribution in [3.8, 4) is 11.3 Å². The van der Waals surface area contributed by atoms with Crippen LogP contribution in [0.4, 0.5) is 0 Å². The Hall–Kier alpha value is -3.06. The zero-order valence-electron chi connectivity index (χ0n) is 15.0. The van der Waals surface area contributed by atoms with Crippen molar-refractivity contribution in [1.29, 1.82) is 0 Å². The van der Waals surface area contributed by atoms with E-state index in [2.05, 4.69) is 15.0 Å². The topological polar surface area (TPSA) is 77.7 Å². The number of hydrogen-bond acceptors (Lipinski definition) is 5. The second-order valence-electron chi connectivity index (χ2n) is 6.29. The maximum Gasteiger partial charge on any atom is 0.269 e. The minimum absolute atomic E-state index is 0.229. The van der Waals surface area contributed by atoms with Gasteiger partial charge in [0.1, 0.15) is 5.52 Å². The van der Waals surface area contributed by atoms with Gasteiger partial charge in [0.2, 0.25) is 0 Å². The van der Waals surface area contributed by atoms with Crippen LogP contribution in [0.2, 0.25) is 0 Å². The summed E-state index contributed by atoms with van der Waals surface area (Å²) in [6.45, 7) is 3.89. The maximum absolute atomic E-state index is 13.1. The largest absolute Gasteiger partial charge is 0.269 e. The molecular formula is C20H18N4O2S. The van der Waals surface area contributed by atoms with Crippen molar-refractivity contribution in [2.75, 3.05) is 0 Å². The lowest BCUT2D eigenvalue weighted by Gasteiger charge is -2.07. The van der Waals surface area contributed by atoms with Gasteiger partial charge in [0.25, 0.3) is 10.0 Å². The van der Waals surface area contributed by atoms with Gasteiger partial charge in [0.05, 0.1) is 16.8 Å². The number of hydrogen-bond donors (Lipinski definition) is 0. The summed E-state index contributed by atoms with van der Waals surface area (Å²) in [5.41, 5.74) is 4.35. The third-order valence-electron chi connectivity index (χ3n) is 4.47. The molecule has 0 saturated heterocycles. The normalized spacial score (nSPS) is 11.8. The molecule has 0 spiro atoms. The minimum atomic E-state index is -3.74. The van der Waals surface area contributed by atoms with E-state index >= 15 is 0 Å². The summed E-state index contributed by atoms with van der Waals surface area (Å²) in [6.07, 6.45) is 7.25. The quantitative estimate of drug-likeness (QED) is 0.542. The molecule has 6 nitrogen and oxygen atoms in total. The number of fused-ring (bicyclic) bond motifs is 1. The molecule has 3 heterocycles. The SMILES string of the molecule is CCc1cn(S(=O)(=O)c2ccc(C)cc2)c2ncc(-c3ccncc3)nc12. The lowest BCUT2D eigenvalue weighted by atomic mass is 10.2. The molecule has 0 saturated carbocycles. The van der Waals surface area contributed by atoms with Gasteiger partial charge < -0.3 is 0 Å². The second kappa shape index (κ2) is 6.59. The van der Waals surface area contributed by atoms with Gasteiger partial charge in [-0.25, -0.2) is 22.4 Å². The van der Waals surface area contributed by atoms with Crippen molar-refractivity contribution in [3.05, 3.63) is 72.3 Å². The van der Waals surface area contributed by atoms with E-state index in [4.69, 9.17) is 0 Å². The summed E-state index contributed by atoms with van der Waals surface area (Å²) in [6, 6.07) is 10.5. The maximum atomic E-state index is 13.1. The highest BCUT2D eigenvalue weighted by Gasteiger charge is 2.22. The monoisotopic (exact) mass is 378 g/mol. The molecule has 0 fully saturated rings. The number of rotatable bonds is 4. The van der Waals surface area contributed by atoms with Crippen LogP contribution in [0.5, 0.6) is 0 Å². The number of aromatic nitrogens is 4. The molecule has 0 atom stereocenters. The van der Waals surface area contributed by atoms with E-state index in [1.807, 2.05) is 26.0 Å². The number of pyridine rings is 1. The fourth-order valence-electron chi connectivity index (χ4n) is 2.95. The number of nitrogens with zero attached hydrogens (tertiary/aromatic N) is 4. The first-order chi connectivity index (χ1) is 13.0. The highest BCUT2D eigenvalue weighted by atomic mass is 32.2. The molecule has 1 aromatic carbocycles. The number of benzene rings is 1. The summed E-state index contributed by atoms with van der Waals surface area (Å²) in [5.74, 6) is 0. The van der Waals surface area contributed by atoms with Gasteiger partial charge in [-0.2, -0.15) is 0 Å². The molecule has 0 aliphatic carbocycles. The average molecular weight is 378 g/mol. The minimum Gasteiger partial charge on any atom is -0.265 e. The van der Waals surface area contributed by atoms with Gasteiger partial charge >= 0.3 is 0 Å². The number of aryl methyl sites for hydroxylation is 2. The van der Waals surface area contributed by atoms with Gasteiger partial charge in [-0.05, 0) is 43.2 Å². The smallest absolute Gasteiger partial charge is 0.265 e. The Bertz CT molecular complexity index is 1210. The first kappa shape index (κ1) is 17.4. The first-order valence-electron chi connectivity index (χ1n) is 8.60. The molecule has 0 unspecified atom stereocenters. The van der Waals surface area contributed by atoms with Gasteiger partial charge in [-0.1, -0.05) is 24.6 Å². The molecule has 0 amide bonds. The molecule has 4 rings (SSSR count). The van der Waals surface area contributed by atoms with Crippen molar-refractivity contribution in [2.24, 2.45) is 0 Å². The average Bonchev–Trinajstić information content (AvgIpc) is 3.08. The Balaban J connectivity index is 1.91. The van der Waals surface area contributed by atoms with Crippen LogP contribution in [0, 0.1) is 6.92 Å². The fourth-order valence-corrected chi connectivity index (χ4v) is 4.29. The summed E-state index contributed by atoms with van der Waals surface area (Å²) in [5, 5.41) is 0. The van der Waals surface area contributed by atoms with Crippen LogP contribution in [-0.4, -0.2) is 27.3 Å². The van der Waals surface area contributed by atoms with Crippen LogP contribution in [-0.2, 0) is 16.4 Å². The van der Waals surface area contributed by atoms with Crippen LogP contribution in [0.1, 0.15) is 18.1 Å². The van der Waals surface area contributed by atoms with Crippen molar-refractivity contribution in [1.82, 2.24) is 18.9 Å². The highest BCUT2D eigenvalue weighted by molar-refractivity contribution is 7.90. The Kier molecular flexibility index (Phi) is 4.24.